The van der Waals surface area contributed by atoms with Gasteiger partial charge in [0.15, 0.2) is 23.0 Å². The summed E-state index contributed by atoms with van der Waals surface area (Å²) in [4.78, 5) is 0. The lowest BCUT2D eigenvalue weighted by atomic mass is 9.87. The van der Waals surface area contributed by atoms with Crippen molar-refractivity contribution in [1.29, 1.82) is 0 Å². The lowest BCUT2D eigenvalue weighted by Crippen LogP contribution is -2.16. The van der Waals surface area contributed by atoms with E-state index < -0.39 is 0 Å². The molecule has 0 saturated carbocycles. The van der Waals surface area contributed by atoms with Crippen molar-refractivity contribution in [1.82, 2.24) is 0 Å². The van der Waals surface area contributed by atoms with Gasteiger partial charge in [0.2, 0.25) is 0 Å². The molecular weight excluding hydrogens is 416 g/mol. The maximum absolute atomic E-state index is 6.11. The highest BCUT2D eigenvalue weighted by atomic mass is 16.6. The minimum absolute atomic E-state index is 0.00644. The first-order valence-corrected chi connectivity index (χ1v) is 11.6. The summed E-state index contributed by atoms with van der Waals surface area (Å²) in [6.45, 7) is 19.6. The van der Waals surface area contributed by atoms with Gasteiger partial charge in [-0.1, -0.05) is 60.3 Å². The number of benzene rings is 2. The summed E-state index contributed by atoms with van der Waals surface area (Å²) in [7, 11) is 0. The molecule has 33 heavy (non-hydrogen) atoms. The Balaban J connectivity index is 1.79. The van der Waals surface area contributed by atoms with Crippen LogP contribution >= 0.6 is 0 Å². The molecule has 3 rings (SSSR count). The zero-order chi connectivity index (χ0) is 24.1. The highest BCUT2D eigenvalue weighted by Gasteiger charge is 2.19. The molecule has 0 fully saturated rings. The summed E-state index contributed by atoms with van der Waals surface area (Å²) in [6.07, 6.45) is 0. The Morgan fingerprint density at radius 2 is 1.00 bits per heavy atom. The third kappa shape index (κ3) is 7.16. The van der Waals surface area contributed by atoms with Crippen LogP contribution in [0.1, 0.15) is 52.7 Å². The highest BCUT2D eigenvalue weighted by Crippen LogP contribution is 2.35. The van der Waals surface area contributed by atoms with Gasteiger partial charge in [0, 0.05) is 0 Å². The minimum Gasteiger partial charge on any atom is -0.487 e. The molecule has 180 valence electrons. The van der Waals surface area contributed by atoms with Crippen LogP contribution < -0.4 is 18.9 Å². The van der Waals surface area contributed by atoms with Gasteiger partial charge < -0.3 is 23.7 Å². The molecule has 0 N–H and O–H groups in total. The molecule has 0 saturated heterocycles. The van der Waals surface area contributed by atoms with Crippen LogP contribution in [0.4, 0.5) is 0 Å². The average molecular weight is 455 g/mol. The van der Waals surface area contributed by atoms with E-state index in [1.807, 2.05) is 24.3 Å². The van der Waals surface area contributed by atoms with E-state index >= 15 is 0 Å². The second-order valence-corrected chi connectivity index (χ2v) is 10.5. The van der Waals surface area contributed by atoms with Crippen LogP contribution in [0.3, 0.4) is 0 Å². The van der Waals surface area contributed by atoms with Gasteiger partial charge in [-0.05, 0) is 51.8 Å². The van der Waals surface area contributed by atoms with Gasteiger partial charge in [-0.15, -0.1) is 0 Å². The summed E-state index contributed by atoms with van der Waals surface area (Å²) in [6, 6.07) is 12.2. The monoisotopic (exact) mass is 454 g/mol. The van der Waals surface area contributed by atoms with E-state index in [9.17, 15) is 0 Å². The number of hydrogen-bond donors (Lipinski definition) is 0. The van der Waals surface area contributed by atoms with Gasteiger partial charge in [-0.3, -0.25) is 0 Å². The number of ether oxygens (including phenoxy) is 5. The van der Waals surface area contributed by atoms with Crippen LogP contribution in [0, 0.1) is 0 Å². The fourth-order valence-corrected chi connectivity index (χ4v) is 3.34. The third-order valence-electron chi connectivity index (χ3n) is 5.45. The molecule has 0 aliphatic carbocycles. The molecule has 1 aliphatic heterocycles. The Labute approximate surface area is 198 Å². The lowest BCUT2D eigenvalue weighted by molar-refractivity contribution is 0.0743. The zero-order valence-corrected chi connectivity index (χ0v) is 21.0. The molecule has 5 heteroatoms. The molecule has 1 aliphatic rings. The van der Waals surface area contributed by atoms with Crippen molar-refractivity contribution in [3.8, 4) is 23.0 Å². The van der Waals surface area contributed by atoms with Gasteiger partial charge in [-0.2, -0.15) is 0 Å². The molecule has 0 bridgehead atoms. The molecule has 0 amide bonds. The van der Waals surface area contributed by atoms with Crippen molar-refractivity contribution >= 4 is 0 Å². The van der Waals surface area contributed by atoms with Gasteiger partial charge in [0.25, 0.3) is 0 Å². The largest absolute Gasteiger partial charge is 0.487 e. The van der Waals surface area contributed by atoms with E-state index in [-0.39, 0.29) is 10.8 Å². The van der Waals surface area contributed by atoms with Gasteiger partial charge in [-0.25, -0.2) is 0 Å². The fraction of sp³-hybridized carbons (Fsp3) is 0.500. The molecular formula is C28H38O5. The highest BCUT2D eigenvalue weighted by molar-refractivity contribution is 5.46. The molecule has 0 spiro atoms. The molecule has 0 radical (unpaired) electrons. The van der Waals surface area contributed by atoms with Crippen molar-refractivity contribution in [2.75, 3.05) is 39.6 Å². The maximum atomic E-state index is 6.11. The van der Waals surface area contributed by atoms with Crippen molar-refractivity contribution in [2.24, 2.45) is 0 Å². The van der Waals surface area contributed by atoms with Crippen LogP contribution in [0.2, 0.25) is 0 Å². The summed E-state index contributed by atoms with van der Waals surface area (Å²) in [5.41, 5.74) is 3.20. The van der Waals surface area contributed by atoms with Crippen LogP contribution in [0.15, 0.2) is 48.6 Å². The van der Waals surface area contributed by atoms with E-state index in [1.54, 1.807) is 0 Å². The van der Waals surface area contributed by atoms with E-state index in [4.69, 9.17) is 23.7 Å². The molecule has 5 nitrogen and oxygen atoms in total. The van der Waals surface area contributed by atoms with Gasteiger partial charge in [0.1, 0.15) is 26.4 Å². The van der Waals surface area contributed by atoms with Gasteiger partial charge in [0.05, 0.1) is 13.2 Å². The van der Waals surface area contributed by atoms with Crippen LogP contribution in [0.25, 0.3) is 0 Å². The molecule has 0 aromatic heterocycles. The second kappa shape index (κ2) is 10.5. The molecule has 2 aromatic rings. The molecule has 0 unspecified atom stereocenters. The second-order valence-electron chi connectivity index (χ2n) is 10.5. The van der Waals surface area contributed by atoms with E-state index in [0.29, 0.717) is 62.6 Å². The van der Waals surface area contributed by atoms with Crippen LogP contribution in [0.5, 0.6) is 23.0 Å². The van der Waals surface area contributed by atoms with Gasteiger partial charge >= 0.3 is 0 Å². The van der Waals surface area contributed by atoms with E-state index in [0.717, 1.165) is 5.57 Å². The molecule has 1 heterocycles. The van der Waals surface area contributed by atoms with Crippen LogP contribution in [-0.4, -0.2) is 39.6 Å². The Kier molecular flexibility index (Phi) is 7.96. The first-order chi connectivity index (χ1) is 15.5. The topological polar surface area (TPSA) is 46.2 Å². The van der Waals surface area contributed by atoms with Crippen LogP contribution in [-0.2, 0) is 15.6 Å². The Morgan fingerprint density at radius 1 is 0.576 bits per heavy atom. The Morgan fingerprint density at radius 3 is 1.52 bits per heavy atom. The van der Waals surface area contributed by atoms with Crippen molar-refractivity contribution < 1.29 is 23.7 Å². The predicted molar refractivity (Wildman–Crippen MR) is 132 cm³/mol. The SMILES string of the molecule is C=C1COc2ccc(C(C)(C)C)cc2OCCOCCOc2ccc(C(C)(C)C)cc2OC1. The van der Waals surface area contributed by atoms with Crippen molar-refractivity contribution in [3.05, 3.63) is 59.7 Å². The predicted octanol–water partition coefficient (Wildman–Crippen LogP) is 6.08. The quantitative estimate of drug-likeness (QED) is 0.451. The average Bonchev–Trinajstić information content (AvgIpc) is 2.74. The number of hydrogen-bond acceptors (Lipinski definition) is 5. The van der Waals surface area contributed by atoms with E-state index in [2.05, 4.69) is 60.3 Å². The van der Waals surface area contributed by atoms with Crippen molar-refractivity contribution in [2.45, 2.75) is 52.4 Å². The number of fused-ring (bicyclic) bond motifs is 2. The Hall–Kier alpha value is -2.66. The molecule has 2 aromatic carbocycles. The fourth-order valence-electron chi connectivity index (χ4n) is 3.34. The summed E-state index contributed by atoms with van der Waals surface area (Å²) in [5, 5.41) is 0. The van der Waals surface area contributed by atoms with E-state index in [1.165, 1.54) is 11.1 Å². The maximum Gasteiger partial charge on any atom is 0.161 e. The summed E-state index contributed by atoms with van der Waals surface area (Å²) in [5.74, 6) is 2.80. The number of rotatable bonds is 0. The first kappa shape index (κ1) is 25.0. The normalized spacial score (nSPS) is 16.4. The lowest BCUT2D eigenvalue weighted by Gasteiger charge is -2.23. The summed E-state index contributed by atoms with van der Waals surface area (Å²) >= 11 is 0. The molecule has 0 atom stereocenters. The Bertz CT molecular complexity index is 950. The standard InChI is InChI=1S/C28H38O5/c1-20-18-32-24-11-9-21(27(2,3)4)16-25(24)31-15-13-29-12-14-30-23-10-8-22(28(5,6)7)17-26(23)33-19-20/h8-11,16-17H,1,12-15,18-19H2,2-7H3. The minimum atomic E-state index is 0.00644. The smallest absolute Gasteiger partial charge is 0.161 e. The summed E-state index contributed by atoms with van der Waals surface area (Å²) < 4.78 is 29.8. The third-order valence-corrected chi connectivity index (χ3v) is 5.45. The van der Waals surface area contributed by atoms with Crippen molar-refractivity contribution in [3.63, 3.8) is 0 Å². The zero-order valence-electron chi connectivity index (χ0n) is 21.0. The first-order valence-electron chi connectivity index (χ1n) is 11.6.